The lowest BCUT2D eigenvalue weighted by Gasteiger charge is -2.29. The largest absolute Gasteiger partial charge is 0.481 e. The van der Waals surface area contributed by atoms with Crippen LogP contribution in [-0.4, -0.2) is 12.8 Å². The average Bonchev–Trinajstić information content (AvgIpc) is 2.49. The standard InChI is InChI=1S/C17H21F5O/c1-2-3-11-4-6-12(7-5-11)13-8-9-14(16(19)15(13)18)23-10-17(20,21)22/h8-9,11-12H,2-7,10H2,1H3. The lowest BCUT2D eigenvalue weighted by atomic mass is 9.77. The molecule has 0 N–H and O–H groups in total. The zero-order chi connectivity index (χ0) is 17.0. The van der Waals surface area contributed by atoms with E-state index in [1.807, 2.05) is 0 Å². The van der Waals surface area contributed by atoms with E-state index in [4.69, 9.17) is 0 Å². The maximum Gasteiger partial charge on any atom is 0.422 e. The number of hydrogen-bond donors (Lipinski definition) is 0. The molecule has 1 fully saturated rings. The van der Waals surface area contributed by atoms with Gasteiger partial charge in [0.2, 0.25) is 5.82 Å². The van der Waals surface area contributed by atoms with Crippen LogP contribution in [0, 0.1) is 17.6 Å². The van der Waals surface area contributed by atoms with E-state index in [1.165, 1.54) is 6.07 Å². The molecule has 1 aliphatic rings. The Morgan fingerprint density at radius 2 is 1.70 bits per heavy atom. The lowest BCUT2D eigenvalue weighted by molar-refractivity contribution is -0.153. The van der Waals surface area contributed by atoms with E-state index in [0.717, 1.165) is 44.6 Å². The predicted octanol–water partition coefficient (Wildman–Crippen LogP) is 5.98. The van der Waals surface area contributed by atoms with E-state index in [0.29, 0.717) is 5.92 Å². The molecule has 1 aromatic rings. The molecule has 1 nitrogen and oxygen atoms in total. The number of hydrogen-bond acceptors (Lipinski definition) is 1. The summed E-state index contributed by atoms with van der Waals surface area (Å²) < 4.78 is 68.7. The van der Waals surface area contributed by atoms with Gasteiger partial charge in [-0.05, 0) is 49.1 Å². The minimum atomic E-state index is -4.58. The van der Waals surface area contributed by atoms with Crippen molar-refractivity contribution in [1.29, 1.82) is 0 Å². The smallest absolute Gasteiger partial charge is 0.422 e. The van der Waals surface area contributed by atoms with Crippen molar-refractivity contribution in [2.75, 3.05) is 6.61 Å². The normalized spacial score (nSPS) is 22.2. The van der Waals surface area contributed by atoms with Gasteiger partial charge in [0.1, 0.15) is 0 Å². The third-order valence-electron chi connectivity index (χ3n) is 4.45. The summed E-state index contributed by atoms with van der Waals surface area (Å²) in [5.41, 5.74) is 0.247. The quantitative estimate of drug-likeness (QED) is 0.601. The van der Waals surface area contributed by atoms with Gasteiger partial charge in [-0.3, -0.25) is 0 Å². The first-order valence-electron chi connectivity index (χ1n) is 7.99. The fourth-order valence-electron chi connectivity index (χ4n) is 3.30. The summed E-state index contributed by atoms with van der Waals surface area (Å²) in [7, 11) is 0. The second kappa shape index (κ2) is 7.49. The first-order chi connectivity index (χ1) is 10.8. The lowest BCUT2D eigenvalue weighted by Crippen LogP contribution is -2.20. The molecule has 130 valence electrons. The van der Waals surface area contributed by atoms with Crippen molar-refractivity contribution in [3.8, 4) is 5.75 Å². The third kappa shape index (κ3) is 4.82. The van der Waals surface area contributed by atoms with Crippen molar-refractivity contribution in [1.82, 2.24) is 0 Å². The van der Waals surface area contributed by atoms with Gasteiger partial charge >= 0.3 is 6.18 Å². The Bertz CT molecular complexity index is 518. The van der Waals surface area contributed by atoms with E-state index in [2.05, 4.69) is 11.7 Å². The van der Waals surface area contributed by atoms with Crippen LogP contribution in [0.5, 0.6) is 5.75 Å². The number of halogens is 5. The van der Waals surface area contributed by atoms with Crippen LogP contribution in [0.3, 0.4) is 0 Å². The van der Waals surface area contributed by atoms with Gasteiger partial charge in [-0.2, -0.15) is 17.6 Å². The summed E-state index contributed by atoms with van der Waals surface area (Å²) >= 11 is 0. The molecule has 1 aliphatic carbocycles. The van der Waals surface area contributed by atoms with E-state index < -0.39 is 30.2 Å². The van der Waals surface area contributed by atoms with E-state index >= 15 is 0 Å². The van der Waals surface area contributed by atoms with Crippen molar-refractivity contribution >= 4 is 0 Å². The molecule has 6 heteroatoms. The Balaban J connectivity index is 2.06. The zero-order valence-corrected chi connectivity index (χ0v) is 13.1. The molecule has 1 saturated carbocycles. The van der Waals surface area contributed by atoms with Crippen molar-refractivity contribution in [3.05, 3.63) is 29.3 Å². The predicted molar refractivity (Wildman–Crippen MR) is 77.5 cm³/mol. The van der Waals surface area contributed by atoms with Crippen LogP contribution >= 0.6 is 0 Å². The summed E-state index contributed by atoms with van der Waals surface area (Å²) in [6.07, 6.45) is 1.20. The van der Waals surface area contributed by atoms with Gasteiger partial charge in [-0.25, -0.2) is 4.39 Å². The van der Waals surface area contributed by atoms with E-state index in [9.17, 15) is 22.0 Å². The molecule has 0 atom stereocenters. The summed E-state index contributed by atoms with van der Waals surface area (Å²) in [6, 6.07) is 2.45. The van der Waals surface area contributed by atoms with Crippen LogP contribution in [0.2, 0.25) is 0 Å². The second-order valence-electron chi connectivity index (χ2n) is 6.19. The van der Waals surface area contributed by atoms with Crippen LogP contribution in [0.4, 0.5) is 22.0 Å². The highest BCUT2D eigenvalue weighted by molar-refractivity contribution is 5.33. The maximum absolute atomic E-state index is 14.2. The average molecular weight is 336 g/mol. The zero-order valence-electron chi connectivity index (χ0n) is 13.1. The Morgan fingerprint density at radius 3 is 2.26 bits per heavy atom. The molecule has 1 aromatic carbocycles. The Morgan fingerprint density at radius 1 is 1.04 bits per heavy atom. The highest BCUT2D eigenvalue weighted by atomic mass is 19.4. The molecule has 0 aliphatic heterocycles. The van der Waals surface area contributed by atoms with Gasteiger partial charge in [-0.1, -0.05) is 25.8 Å². The molecule has 0 unspecified atom stereocenters. The van der Waals surface area contributed by atoms with Gasteiger partial charge in [0.25, 0.3) is 0 Å². The van der Waals surface area contributed by atoms with Crippen molar-refractivity contribution in [2.24, 2.45) is 5.92 Å². The molecule has 0 saturated heterocycles. The fourth-order valence-corrected chi connectivity index (χ4v) is 3.30. The molecule has 0 heterocycles. The molecule has 0 amide bonds. The van der Waals surface area contributed by atoms with Crippen LogP contribution in [0.15, 0.2) is 12.1 Å². The maximum atomic E-state index is 14.2. The summed E-state index contributed by atoms with van der Waals surface area (Å²) in [4.78, 5) is 0. The van der Waals surface area contributed by atoms with Crippen LogP contribution in [0.1, 0.15) is 56.9 Å². The van der Waals surface area contributed by atoms with Crippen LogP contribution < -0.4 is 4.74 Å². The highest BCUT2D eigenvalue weighted by Crippen LogP contribution is 2.39. The summed E-state index contributed by atoms with van der Waals surface area (Å²) in [5.74, 6) is -2.54. The molecule has 0 bridgehead atoms. The third-order valence-corrected chi connectivity index (χ3v) is 4.45. The topological polar surface area (TPSA) is 9.23 Å². The minimum Gasteiger partial charge on any atom is -0.481 e. The number of benzene rings is 1. The highest BCUT2D eigenvalue weighted by Gasteiger charge is 2.30. The van der Waals surface area contributed by atoms with Gasteiger partial charge in [0.15, 0.2) is 18.2 Å². The van der Waals surface area contributed by atoms with Gasteiger partial charge in [-0.15, -0.1) is 0 Å². The molecule has 0 spiro atoms. The second-order valence-corrected chi connectivity index (χ2v) is 6.19. The Kier molecular flexibility index (Phi) is 5.87. The summed E-state index contributed by atoms with van der Waals surface area (Å²) in [6.45, 7) is 0.492. The fraction of sp³-hybridized carbons (Fsp3) is 0.647. The summed E-state index contributed by atoms with van der Waals surface area (Å²) in [5, 5.41) is 0. The van der Waals surface area contributed by atoms with E-state index in [1.54, 1.807) is 0 Å². The Hall–Kier alpha value is -1.33. The molecule has 2 rings (SSSR count). The molecular formula is C17H21F5O. The molecule has 0 aromatic heterocycles. The SMILES string of the molecule is CCCC1CCC(c2ccc(OCC(F)(F)F)c(F)c2F)CC1. The Labute approximate surface area is 132 Å². The number of ether oxygens (including phenoxy) is 1. The molecule has 0 radical (unpaired) electrons. The van der Waals surface area contributed by atoms with Gasteiger partial charge < -0.3 is 4.74 Å². The molecular weight excluding hydrogens is 315 g/mol. The van der Waals surface area contributed by atoms with Gasteiger partial charge in [0, 0.05) is 0 Å². The van der Waals surface area contributed by atoms with Gasteiger partial charge in [0.05, 0.1) is 0 Å². The van der Waals surface area contributed by atoms with Crippen LogP contribution in [0.25, 0.3) is 0 Å². The van der Waals surface area contributed by atoms with E-state index in [-0.39, 0.29) is 11.5 Å². The van der Waals surface area contributed by atoms with Crippen LogP contribution in [-0.2, 0) is 0 Å². The number of alkyl halides is 3. The first-order valence-corrected chi connectivity index (χ1v) is 7.99. The minimum absolute atomic E-state index is 0.0747. The first kappa shape index (κ1) is 18.0. The van der Waals surface area contributed by atoms with Crippen molar-refractivity contribution < 1.29 is 26.7 Å². The van der Waals surface area contributed by atoms with Crippen molar-refractivity contribution in [3.63, 3.8) is 0 Å². The monoisotopic (exact) mass is 336 g/mol. The molecule has 23 heavy (non-hydrogen) atoms. The number of rotatable bonds is 5. The van der Waals surface area contributed by atoms with Crippen molar-refractivity contribution in [2.45, 2.75) is 57.5 Å².